The van der Waals surface area contributed by atoms with Crippen LogP contribution in [0.3, 0.4) is 0 Å². The number of aromatic amines is 1. The standard InChI is InChI=1S/C14H19N5OS/c1-8-12(21-14(16-8)10-5-3-4-6-10)13(20)15-7-11-17-9(2)18-19-11/h10H,3-7H2,1-2H3,(H,15,20)(H,17,18,19). The van der Waals surface area contributed by atoms with Gasteiger partial charge in [-0.25, -0.2) is 9.97 Å². The lowest BCUT2D eigenvalue weighted by molar-refractivity contribution is 0.0953. The molecule has 0 aliphatic heterocycles. The van der Waals surface area contributed by atoms with Crippen LogP contribution >= 0.6 is 11.3 Å². The second-order valence-corrected chi connectivity index (χ2v) is 6.50. The molecule has 112 valence electrons. The summed E-state index contributed by atoms with van der Waals surface area (Å²) in [6.07, 6.45) is 4.94. The summed E-state index contributed by atoms with van der Waals surface area (Å²) in [6.45, 7) is 4.07. The van der Waals surface area contributed by atoms with Crippen molar-refractivity contribution >= 4 is 17.2 Å². The highest BCUT2D eigenvalue weighted by Gasteiger charge is 2.23. The predicted octanol–water partition coefficient (Wildman–Crippen LogP) is 2.47. The van der Waals surface area contributed by atoms with E-state index in [4.69, 9.17) is 0 Å². The number of amides is 1. The Morgan fingerprint density at radius 3 is 2.76 bits per heavy atom. The number of nitrogens with zero attached hydrogens (tertiary/aromatic N) is 3. The summed E-state index contributed by atoms with van der Waals surface area (Å²) in [5, 5.41) is 10.7. The number of carbonyl (C=O) groups is 1. The molecule has 3 rings (SSSR count). The Morgan fingerprint density at radius 2 is 2.10 bits per heavy atom. The molecule has 2 aromatic rings. The van der Waals surface area contributed by atoms with E-state index in [0.717, 1.165) is 16.5 Å². The first-order valence-corrected chi connectivity index (χ1v) is 8.08. The number of nitrogens with one attached hydrogen (secondary N) is 2. The normalized spacial score (nSPS) is 15.5. The van der Waals surface area contributed by atoms with Gasteiger partial charge in [0.1, 0.15) is 10.7 Å². The van der Waals surface area contributed by atoms with Gasteiger partial charge in [0, 0.05) is 5.92 Å². The molecule has 0 bridgehead atoms. The highest BCUT2D eigenvalue weighted by Crippen LogP contribution is 2.37. The average molecular weight is 305 g/mol. The Bertz CT molecular complexity index is 642. The molecular weight excluding hydrogens is 286 g/mol. The van der Waals surface area contributed by atoms with Crippen LogP contribution in [0.5, 0.6) is 0 Å². The Kier molecular flexibility index (Phi) is 4.01. The van der Waals surface area contributed by atoms with Crippen LogP contribution < -0.4 is 5.32 Å². The number of hydrogen-bond acceptors (Lipinski definition) is 5. The third-order valence-electron chi connectivity index (χ3n) is 3.77. The van der Waals surface area contributed by atoms with Gasteiger partial charge in [0.2, 0.25) is 0 Å². The largest absolute Gasteiger partial charge is 0.344 e. The fourth-order valence-electron chi connectivity index (χ4n) is 2.68. The van der Waals surface area contributed by atoms with Gasteiger partial charge in [-0.3, -0.25) is 9.89 Å². The van der Waals surface area contributed by atoms with Crippen molar-refractivity contribution in [1.29, 1.82) is 0 Å². The highest BCUT2D eigenvalue weighted by molar-refractivity contribution is 7.13. The lowest BCUT2D eigenvalue weighted by atomic mass is 10.1. The van der Waals surface area contributed by atoms with Gasteiger partial charge in [0.05, 0.1) is 17.2 Å². The fraction of sp³-hybridized carbons (Fsp3) is 0.571. The number of aromatic nitrogens is 4. The van der Waals surface area contributed by atoms with Crippen molar-refractivity contribution in [2.24, 2.45) is 0 Å². The number of H-pyrrole nitrogens is 1. The molecule has 1 amide bonds. The molecule has 0 radical (unpaired) electrons. The van der Waals surface area contributed by atoms with Crippen molar-refractivity contribution in [3.8, 4) is 0 Å². The smallest absolute Gasteiger partial charge is 0.263 e. The van der Waals surface area contributed by atoms with Crippen molar-refractivity contribution in [1.82, 2.24) is 25.5 Å². The summed E-state index contributed by atoms with van der Waals surface area (Å²) in [7, 11) is 0. The van der Waals surface area contributed by atoms with E-state index in [9.17, 15) is 4.79 Å². The molecule has 1 aliphatic carbocycles. The van der Waals surface area contributed by atoms with Crippen LogP contribution in [0, 0.1) is 13.8 Å². The van der Waals surface area contributed by atoms with E-state index in [1.807, 2.05) is 13.8 Å². The van der Waals surface area contributed by atoms with Gasteiger partial charge in [0.25, 0.3) is 5.91 Å². The fourth-order valence-corrected chi connectivity index (χ4v) is 3.84. The molecule has 0 unspecified atom stereocenters. The molecule has 6 nitrogen and oxygen atoms in total. The molecule has 0 aromatic carbocycles. The first-order chi connectivity index (χ1) is 10.1. The minimum atomic E-state index is -0.0864. The number of thiazole rings is 1. The molecule has 21 heavy (non-hydrogen) atoms. The molecule has 1 aliphatic rings. The summed E-state index contributed by atoms with van der Waals surface area (Å²) in [5.41, 5.74) is 0.825. The van der Waals surface area contributed by atoms with E-state index in [2.05, 4.69) is 25.5 Å². The molecule has 7 heteroatoms. The zero-order valence-corrected chi connectivity index (χ0v) is 13.1. The van der Waals surface area contributed by atoms with Gasteiger partial charge >= 0.3 is 0 Å². The third kappa shape index (κ3) is 3.12. The number of aryl methyl sites for hydroxylation is 2. The number of hydrogen-bond donors (Lipinski definition) is 2. The topological polar surface area (TPSA) is 83.6 Å². The van der Waals surface area contributed by atoms with Crippen LogP contribution in [0.25, 0.3) is 0 Å². The van der Waals surface area contributed by atoms with E-state index in [-0.39, 0.29) is 5.91 Å². The predicted molar refractivity (Wildman–Crippen MR) is 80.3 cm³/mol. The number of carbonyl (C=O) groups excluding carboxylic acids is 1. The number of rotatable bonds is 4. The van der Waals surface area contributed by atoms with Gasteiger partial charge in [0.15, 0.2) is 5.82 Å². The molecule has 0 atom stereocenters. The lowest BCUT2D eigenvalue weighted by Crippen LogP contribution is -2.23. The Labute approximate surface area is 127 Å². The maximum absolute atomic E-state index is 12.3. The zero-order valence-electron chi connectivity index (χ0n) is 12.3. The summed E-state index contributed by atoms with van der Waals surface area (Å²) in [5.74, 6) is 1.80. The minimum absolute atomic E-state index is 0.0864. The van der Waals surface area contributed by atoms with Crippen molar-refractivity contribution in [2.45, 2.75) is 52.0 Å². The van der Waals surface area contributed by atoms with Gasteiger partial charge < -0.3 is 5.32 Å². The van der Waals surface area contributed by atoms with E-state index < -0.39 is 0 Å². The average Bonchev–Trinajstić information content (AvgIpc) is 3.16. The summed E-state index contributed by atoms with van der Waals surface area (Å²) < 4.78 is 0. The zero-order chi connectivity index (χ0) is 14.8. The van der Waals surface area contributed by atoms with E-state index >= 15 is 0 Å². The third-order valence-corrected chi connectivity index (χ3v) is 5.09. The van der Waals surface area contributed by atoms with Crippen LogP contribution in [0.4, 0.5) is 0 Å². The maximum Gasteiger partial charge on any atom is 0.263 e. The second-order valence-electron chi connectivity index (χ2n) is 5.47. The molecule has 2 heterocycles. The SMILES string of the molecule is Cc1nc(CNC(=O)c2sc(C3CCCC3)nc2C)n[nH]1. The Balaban J connectivity index is 1.66. The van der Waals surface area contributed by atoms with Crippen LogP contribution in [0.15, 0.2) is 0 Å². The highest BCUT2D eigenvalue weighted by atomic mass is 32.1. The van der Waals surface area contributed by atoms with Crippen LogP contribution in [0.2, 0.25) is 0 Å². The van der Waals surface area contributed by atoms with Gasteiger partial charge in [-0.05, 0) is 26.7 Å². The molecule has 0 spiro atoms. The van der Waals surface area contributed by atoms with E-state index in [0.29, 0.717) is 23.2 Å². The van der Waals surface area contributed by atoms with Crippen LogP contribution in [-0.2, 0) is 6.54 Å². The molecule has 0 saturated heterocycles. The van der Waals surface area contributed by atoms with Crippen molar-refractivity contribution in [3.05, 3.63) is 27.2 Å². The first-order valence-electron chi connectivity index (χ1n) is 7.27. The monoisotopic (exact) mass is 305 g/mol. The molecule has 2 N–H and O–H groups in total. The summed E-state index contributed by atoms with van der Waals surface area (Å²) in [6, 6.07) is 0. The van der Waals surface area contributed by atoms with Crippen molar-refractivity contribution in [2.75, 3.05) is 0 Å². The van der Waals surface area contributed by atoms with Gasteiger partial charge in [-0.2, -0.15) is 5.10 Å². The van der Waals surface area contributed by atoms with E-state index in [1.54, 1.807) is 0 Å². The Morgan fingerprint density at radius 1 is 1.33 bits per heavy atom. The van der Waals surface area contributed by atoms with Gasteiger partial charge in [-0.15, -0.1) is 11.3 Å². The second kappa shape index (κ2) is 5.93. The van der Waals surface area contributed by atoms with Gasteiger partial charge in [-0.1, -0.05) is 12.8 Å². The molecule has 2 aromatic heterocycles. The summed E-state index contributed by atoms with van der Waals surface area (Å²) >= 11 is 1.53. The van der Waals surface area contributed by atoms with Crippen molar-refractivity contribution < 1.29 is 4.79 Å². The van der Waals surface area contributed by atoms with Crippen LogP contribution in [-0.4, -0.2) is 26.1 Å². The maximum atomic E-state index is 12.3. The summed E-state index contributed by atoms with van der Waals surface area (Å²) in [4.78, 5) is 21.7. The molecule has 1 saturated carbocycles. The molecular formula is C14H19N5OS. The molecule has 1 fully saturated rings. The Hall–Kier alpha value is -1.76. The van der Waals surface area contributed by atoms with Crippen LogP contribution in [0.1, 0.15) is 63.6 Å². The lowest BCUT2D eigenvalue weighted by Gasteiger charge is -2.02. The first kappa shape index (κ1) is 14.2. The minimum Gasteiger partial charge on any atom is -0.344 e. The van der Waals surface area contributed by atoms with E-state index in [1.165, 1.54) is 37.0 Å². The van der Waals surface area contributed by atoms with Crippen molar-refractivity contribution in [3.63, 3.8) is 0 Å². The quantitative estimate of drug-likeness (QED) is 0.909.